The summed E-state index contributed by atoms with van der Waals surface area (Å²) >= 11 is 0. The van der Waals surface area contributed by atoms with Crippen molar-refractivity contribution in [2.75, 3.05) is 13.6 Å². The third-order valence-corrected chi connectivity index (χ3v) is 4.19. The van der Waals surface area contributed by atoms with Crippen molar-refractivity contribution in [1.82, 2.24) is 4.90 Å². The molecule has 5 nitrogen and oxygen atoms in total. The molecule has 0 heterocycles. The first-order valence-electron chi connectivity index (χ1n) is 6.72. The van der Waals surface area contributed by atoms with E-state index in [0.717, 1.165) is 12.8 Å². The van der Waals surface area contributed by atoms with E-state index < -0.39 is 10.0 Å². The fraction of sp³-hybridized carbons (Fsp3) is 0.500. The largest absolute Gasteiger partial charge is 0.342 e. The van der Waals surface area contributed by atoms with E-state index in [-0.39, 0.29) is 10.8 Å². The molecule has 112 valence electrons. The van der Waals surface area contributed by atoms with E-state index in [2.05, 4.69) is 0 Å². The highest BCUT2D eigenvalue weighted by atomic mass is 32.2. The van der Waals surface area contributed by atoms with E-state index in [0.29, 0.717) is 24.1 Å². The van der Waals surface area contributed by atoms with Crippen molar-refractivity contribution in [3.8, 4) is 0 Å². The summed E-state index contributed by atoms with van der Waals surface area (Å²) in [5, 5.41) is 5.21. The lowest BCUT2D eigenvalue weighted by Crippen LogP contribution is -2.28. The maximum absolute atomic E-state index is 12.2. The average Bonchev–Trinajstić information content (AvgIpc) is 2.42. The van der Waals surface area contributed by atoms with Crippen LogP contribution in [-0.2, 0) is 16.4 Å². The Balaban J connectivity index is 3.12. The van der Waals surface area contributed by atoms with Crippen molar-refractivity contribution in [3.05, 3.63) is 29.3 Å². The van der Waals surface area contributed by atoms with Crippen LogP contribution < -0.4 is 5.14 Å². The number of unbranched alkanes of at least 4 members (excludes halogenated alkanes) is 1. The Morgan fingerprint density at radius 1 is 1.30 bits per heavy atom. The second kappa shape index (κ2) is 6.85. The second-order valence-corrected chi connectivity index (χ2v) is 6.33. The lowest BCUT2D eigenvalue weighted by molar-refractivity contribution is 0.0793. The number of hydrogen-bond acceptors (Lipinski definition) is 3. The van der Waals surface area contributed by atoms with Gasteiger partial charge in [0.2, 0.25) is 10.0 Å². The summed E-state index contributed by atoms with van der Waals surface area (Å²) in [5.74, 6) is -0.189. The van der Waals surface area contributed by atoms with Gasteiger partial charge in [-0.3, -0.25) is 4.79 Å². The molecule has 0 spiro atoms. The zero-order valence-electron chi connectivity index (χ0n) is 12.2. The van der Waals surface area contributed by atoms with Crippen molar-refractivity contribution in [2.24, 2.45) is 5.14 Å². The Hall–Kier alpha value is -1.40. The van der Waals surface area contributed by atoms with Crippen LogP contribution in [0, 0.1) is 0 Å². The number of benzene rings is 1. The van der Waals surface area contributed by atoms with Gasteiger partial charge in [-0.1, -0.05) is 26.3 Å². The molecule has 6 heteroatoms. The average molecular weight is 298 g/mol. The van der Waals surface area contributed by atoms with Gasteiger partial charge in [-0.15, -0.1) is 0 Å². The van der Waals surface area contributed by atoms with Crippen LogP contribution in [0.5, 0.6) is 0 Å². The van der Waals surface area contributed by atoms with Crippen LogP contribution in [0.2, 0.25) is 0 Å². The van der Waals surface area contributed by atoms with Crippen molar-refractivity contribution < 1.29 is 13.2 Å². The number of amides is 1. The summed E-state index contributed by atoms with van der Waals surface area (Å²) in [6.45, 7) is 4.54. The van der Waals surface area contributed by atoms with E-state index in [1.54, 1.807) is 24.1 Å². The topological polar surface area (TPSA) is 80.5 Å². The molecule has 0 aromatic heterocycles. The molecule has 0 aliphatic rings. The highest BCUT2D eigenvalue weighted by Crippen LogP contribution is 2.18. The van der Waals surface area contributed by atoms with Gasteiger partial charge in [0.1, 0.15) is 0 Å². The fourth-order valence-corrected chi connectivity index (χ4v) is 2.83. The molecular formula is C14H22N2O3S. The molecule has 0 saturated carbocycles. The molecular weight excluding hydrogens is 276 g/mol. The quantitative estimate of drug-likeness (QED) is 0.869. The normalized spacial score (nSPS) is 11.4. The van der Waals surface area contributed by atoms with Crippen LogP contribution in [0.25, 0.3) is 0 Å². The third kappa shape index (κ3) is 4.05. The van der Waals surface area contributed by atoms with Gasteiger partial charge in [0.05, 0.1) is 4.90 Å². The summed E-state index contributed by atoms with van der Waals surface area (Å²) in [4.78, 5) is 13.9. The first-order chi connectivity index (χ1) is 9.31. The van der Waals surface area contributed by atoms with E-state index in [1.807, 2.05) is 13.8 Å². The van der Waals surface area contributed by atoms with Crippen LogP contribution >= 0.6 is 0 Å². The van der Waals surface area contributed by atoms with E-state index in [1.165, 1.54) is 6.07 Å². The lowest BCUT2D eigenvalue weighted by atomic mass is 10.1. The Labute approximate surface area is 120 Å². The minimum Gasteiger partial charge on any atom is -0.342 e. The number of nitrogens with zero attached hydrogens (tertiary/aromatic N) is 1. The molecule has 2 N–H and O–H groups in total. The van der Waals surface area contributed by atoms with Gasteiger partial charge in [0, 0.05) is 19.2 Å². The SMILES string of the molecule is CCCCN(C)C(=O)c1ccc(CC)c(S(N)(=O)=O)c1. The summed E-state index contributed by atoms with van der Waals surface area (Å²) in [6, 6.07) is 4.68. The molecule has 1 aromatic rings. The van der Waals surface area contributed by atoms with Gasteiger partial charge in [0.15, 0.2) is 0 Å². The van der Waals surface area contributed by atoms with Gasteiger partial charge in [-0.2, -0.15) is 0 Å². The standard InChI is InChI=1S/C14H22N2O3S/c1-4-6-9-16(3)14(17)12-8-7-11(5-2)13(10-12)20(15,18)19/h7-8,10H,4-6,9H2,1-3H3,(H2,15,18,19). The van der Waals surface area contributed by atoms with Gasteiger partial charge < -0.3 is 4.90 Å². The second-order valence-electron chi connectivity index (χ2n) is 4.80. The van der Waals surface area contributed by atoms with Crippen LogP contribution in [0.15, 0.2) is 23.1 Å². The van der Waals surface area contributed by atoms with Crippen LogP contribution in [0.4, 0.5) is 0 Å². The van der Waals surface area contributed by atoms with Crippen molar-refractivity contribution in [1.29, 1.82) is 0 Å². The van der Waals surface area contributed by atoms with Gasteiger partial charge >= 0.3 is 0 Å². The Bertz CT molecular complexity index is 582. The Kier molecular flexibility index (Phi) is 5.71. The smallest absolute Gasteiger partial charge is 0.253 e. The minimum absolute atomic E-state index is 0.0368. The fourth-order valence-electron chi connectivity index (χ4n) is 1.96. The molecule has 0 aliphatic heterocycles. The summed E-state index contributed by atoms with van der Waals surface area (Å²) < 4.78 is 23.2. The predicted octanol–water partition coefficient (Wildman–Crippen LogP) is 1.77. The van der Waals surface area contributed by atoms with Crippen molar-refractivity contribution in [2.45, 2.75) is 38.0 Å². The number of carbonyl (C=O) groups excluding carboxylic acids is 1. The molecule has 0 saturated heterocycles. The maximum Gasteiger partial charge on any atom is 0.253 e. The number of nitrogens with two attached hydrogens (primary N) is 1. The van der Waals surface area contributed by atoms with Crippen LogP contribution in [0.3, 0.4) is 0 Å². The molecule has 1 aromatic carbocycles. The van der Waals surface area contributed by atoms with Crippen LogP contribution in [0.1, 0.15) is 42.6 Å². The molecule has 1 amide bonds. The van der Waals surface area contributed by atoms with Gasteiger partial charge in [0.25, 0.3) is 5.91 Å². The Morgan fingerprint density at radius 2 is 1.95 bits per heavy atom. The number of aryl methyl sites for hydroxylation is 1. The number of rotatable bonds is 6. The zero-order valence-corrected chi connectivity index (χ0v) is 13.0. The predicted molar refractivity (Wildman–Crippen MR) is 79.1 cm³/mol. The number of sulfonamides is 1. The van der Waals surface area contributed by atoms with Gasteiger partial charge in [-0.25, -0.2) is 13.6 Å². The maximum atomic E-state index is 12.2. The summed E-state index contributed by atoms with van der Waals surface area (Å²) in [6.07, 6.45) is 2.46. The number of primary sulfonamides is 1. The number of hydrogen-bond donors (Lipinski definition) is 1. The van der Waals surface area contributed by atoms with Crippen molar-refractivity contribution >= 4 is 15.9 Å². The van der Waals surface area contributed by atoms with E-state index >= 15 is 0 Å². The highest BCUT2D eigenvalue weighted by molar-refractivity contribution is 7.89. The molecule has 1 rings (SSSR count). The molecule has 0 aliphatic carbocycles. The van der Waals surface area contributed by atoms with Gasteiger partial charge in [-0.05, 0) is 30.5 Å². The Morgan fingerprint density at radius 3 is 2.45 bits per heavy atom. The summed E-state index contributed by atoms with van der Waals surface area (Å²) in [5.41, 5.74) is 0.977. The molecule has 0 radical (unpaired) electrons. The third-order valence-electron chi connectivity index (χ3n) is 3.20. The molecule has 0 fully saturated rings. The monoisotopic (exact) mass is 298 g/mol. The number of carbonyl (C=O) groups is 1. The lowest BCUT2D eigenvalue weighted by Gasteiger charge is -2.17. The molecule has 20 heavy (non-hydrogen) atoms. The van der Waals surface area contributed by atoms with Crippen molar-refractivity contribution in [3.63, 3.8) is 0 Å². The van der Waals surface area contributed by atoms with E-state index in [4.69, 9.17) is 5.14 Å². The highest BCUT2D eigenvalue weighted by Gasteiger charge is 2.18. The van der Waals surface area contributed by atoms with E-state index in [9.17, 15) is 13.2 Å². The molecule has 0 unspecified atom stereocenters. The first-order valence-corrected chi connectivity index (χ1v) is 8.27. The summed E-state index contributed by atoms with van der Waals surface area (Å²) in [7, 11) is -2.10. The zero-order chi connectivity index (χ0) is 15.3. The molecule has 0 bridgehead atoms. The van der Waals surface area contributed by atoms with Crippen LogP contribution in [-0.4, -0.2) is 32.8 Å². The minimum atomic E-state index is -3.81. The first kappa shape index (κ1) is 16.7. The molecule has 0 atom stereocenters.